The fourth-order valence-corrected chi connectivity index (χ4v) is 0. The van der Waals surface area contributed by atoms with E-state index in [0.717, 1.165) is 0 Å². The summed E-state index contributed by atoms with van der Waals surface area (Å²) in [5.41, 5.74) is 0. The van der Waals surface area contributed by atoms with Gasteiger partial charge in [0.1, 0.15) is 0 Å². The summed E-state index contributed by atoms with van der Waals surface area (Å²) in [6.45, 7) is 4.75. The largest absolute Gasteiger partial charge is 0.512 e. The number of hydrogen-bond acceptors (Lipinski definition) is 1. The molecule has 0 aromatic carbocycles. The Morgan fingerprint density at radius 1 is 1.25 bits per heavy atom. The van der Waals surface area contributed by atoms with Crippen molar-refractivity contribution < 1.29 is 36.5 Å². The van der Waals surface area contributed by atoms with Crippen molar-refractivity contribution in [1.29, 1.82) is 5.26 Å². The molecule has 0 aliphatic heterocycles. The van der Waals surface area contributed by atoms with Crippen LogP contribution in [0, 0.1) is 11.8 Å². The Labute approximate surface area is 48.6 Å². The Bertz CT molecular complexity index is 12.8. The zero-order chi connectivity index (χ0) is 2.00. The molecule has 0 saturated carbocycles. The SMILES string of the molecule is [C-]#N.[Fe].[Zn]. The van der Waals surface area contributed by atoms with Crippen LogP contribution in [-0.2, 0) is 36.5 Å². The molecule has 0 atom stereocenters. The van der Waals surface area contributed by atoms with E-state index in [1.165, 1.54) is 0 Å². The molecule has 0 bridgehead atoms. The minimum Gasteiger partial charge on any atom is -0.512 e. The standard InChI is InChI=1S/CN.Fe.Zn/c1-2;;/q-1;;. The molecule has 0 spiro atoms. The molecule has 20 valence electrons. The zero-order valence-electron chi connectivity index (χ0n) is 2.01. The van der Waals surface area contributed by atoms with Gasteiger partial charge in [0, 0.05) is 36.5 Å². The van der Waals surface area contributed by atoms with Crippen molar-refractivity contribution in [1.82, 2.24) is 0 Å². The van der Waals surface area contributed by atoms with E-state index < -0.39 is 0 Å². The summed E-state index contributed by atoms with van der Waals surface area (Å²) >= 11 is 0. The monoisotopic (exact) mass is 146 g/mol. The summed E-state index contributed by atoms with van der Waals surface area (Å²) in [5, 5.41) is 6.25. The molecule has 0 unspecified atom stereocenters. The van der Waals surface area contributed by atoms with E-state index in [0.29, 0.717) is 0 Å². The molecule has 0 saturated heterocycles. The minimum atomic E-state index is 0. The Morgan fingerprint density at radius 2 is 1.25 bits per heavy atom. The Kier molecular flexibility index (Phi) is 360. The number of nitrogens with zero attached hydrogens (tertiary/aromatic N) is 1. The van der Waals surface area contributed by atoms with Crippen molar-refractivity contribution in [2.75, 3.05) is 0 Å². The molecule has 0 aliphatic rings. The predicted molar refractivity (Wildman–Crippen MR) is 4.97 cm³/mol. The van der Waals surface area contributed by atoms with E-state index in [1.807, 2.05) is 0 Å². The van der Waals surface area contributed by atoms with E-state index in [2.05, 4.69) is 0 Å². The molecule has 3 heteroatoms. The number of hydrogen-bond donors (Lipinski definition) is 0. The van der Waals surface area contributed by atoms with Crippen LogP contribution in [0.25, 0.3) is 0 Å². The Morgan fingerprint density at radius 3 is 1.25 bits per heavy atom. The van der Waals surface area contributed by atoms with Gasteiger partial charge in [0.15, 0.2) is 0 Å². The second-order valence-electron chi connectivity index (χ2n) is 0. The van der Waals surface area contributed by atoms with E-state index in [9.17, 15) is 0 Å². The first-order valence-electron chi connectivity index (χ1n) is 0.224. The summed E-state index contributed by atoms with van der Waals surface area (Å²) in [5.74, 6) is 0. The van der Waals surface area contributed by atoms with Crippen molar-refractivity contribution in [2.45, 2.75) is 0 Å². The summed E-state index contributed by atoms with van der Waals surface area (Å²) in [6, 6.07) is 0. The van der Waals surface area contributed by atoms with Gasteiger partial charge in [-0.15, -0.1) is 0 Å². The molecule has 0 aliphatic carbocycles. The maximum absolute atomic E-state index is 6.25. The molecular formula is CFeNZn-. The first-order chi connectivity index (χ1) is 1.00. The summed E-state index contributed by atoms with van der Waals surface area (Å²) < 4.78 is 0. The third-order valence-electron chi connectivity index (χ3n) is 0. The first kappa shape index (κ1) is 22.9. The van der Waals surface area contributed by atoms with Gasteiger partial charge >= 0.3 is 0 Å². The third kappa shape index (κ3) is 17.5. The van der Waals surface area contributed by atoms with Crippen molar-refractivity contribution in [3.63, 3.8) is 0 Å². The second kappa shape index (κ2) is 62.9. The molecule has 0 aromatic heterocycles. The zero-order valence-corrected chi connectivity index (χ0v) is 6.08. The van der Waals surface area contributed by atoms with E-state index in [1.54, 1.807) is 0 Å². The molecule has 0 amide bonds. The van der Waals surface area contributed by atoms with Gasteiger partial charge < -0.3 is 11.8 Å². The van der Waals surface area contributed by atoms with Crippen molar-refractivity contribution in [3.05, 3.63) is 6.57 Å². The molecule has 0 heterocycles. The van der Waals surface area contributed by atoms with Crippen LogP contribution in [0.15, 0.2) is 0 Å². The maximum atomic E-state index is 6.25. The Hall–Kier alpha value is 0.633. The average molecular weight is 147 g/mol. The summed E-state index contributed by atoms with van der Waals surface area (Å²) in [4.78, 5) is 0. The molecule has 0 radical (unpaired) electrons. The fourth-order valence-electron chi connectivity index (χ4n) is 0. The topological polar surface area (TPSA) is 23.8 Å². The van der Waals surface area contributed by atoms with Crippen LogP contribution in [-0.4, -0.2) is 0 Å². The van der Waals surface area contributed by atoms with Gasteiger partial charge in [-0.25, -0.2) is 0 Å². The van der Waals surface area contributed by atoms with Crippen LogP contribution in [0.3, 0.4) is 0 Å². The van der Waals surface area contributed by atoms with Gasteiger partial charge in [-0.2, -0.15) is 0 Å². The van der Waals surface area contributed by atoms with Crippen LogP contribution in [0.4, 0.5) is 0 Å². The van der Waals surface area contributed by atoms with Crippen LogP contribution in [0.5, 0.6) is 0 Å². The molecule has 0 rings (SSSR count). The van der Waals surface area contributed by atoms with Gasteiger partial charge in [-0.3, -0.25) is 0 Å². The van der Waals surface area contributed by atoms with Crippen LogP contribution in [0.1, 0.15) is 0 Å². The predicted octanol–water partition coefficient (Wildman–Crippen LogP) is 0.0914. The normalized spacial score (nSPS) is 0.500. The van der Waals surface area contributed by atoms with Crippen molar-refractivity contribution >= 4 is 0 Å². The summed E-state index contributed by atoms with van der Waals surface area (Å²) in [6.07, 6.45) is 0. The van der Waals surface area contributed by atoms with Gasteiger partial charge in [-0.05, 0) is 0 Å². The molecule has 0 aromatic rings. The molecule has 4 heavy (non-hydrogen) atoms. The van der Waals surface area contributed by atoms with E-state index in [-0.39, 0.29) is 36.5 Å². The van der Waals surface area contributed by atoms with Gasteiger partial charge in [-0.1, -0.05) is 0 Å². The van der Waals surface area contributed by atoms with E-state index >= 15 is 0 Å². The summed E-state index contributed by atoms with van der Waals surface area (Å²) in [7, 11) is 0. The quantitative estimate of drug-likeness (QED) is 0.352. The van der Waals surface area contributed by atoms with Gasteiger partial charge in [0.25, 0.3) is 0 Å². The average Bonchev–Trinajstić information content (AvgIpc) is 1.00. The number of rotatable bonds is 0. The van der Waals surface area contributed by atoms with E-state index in [4.69, 9.17) is 11.8 Å². The van der Waals surface area contributed by atoms with Gasteiger partial charge in [0.05, 0.1) is 0 Å². The molecule has 0 fully saturated rings. The van der Waals surface area contributed by atoms with Gasteiger partial charge in [0.2, 0.25) is 0 Å². The Balaban J connectivity index is -0.00000000500. The maximum Gasteiger partial charge on any atom is 0 e. The molecule has 1 nitrogen and oxygen atoms in total. The van der Waals surface area contributed by atoms with Crippen LogP contribution < -0.4 is 0 Å². The van der Waals surface area contributed by atoms with Crippen LogP contribution >= 0.6 is 0 Å². The smallest absolute Gasteiger partial charge is 0 e. The first-order valence-corrected chi connectivity index (χ1v) is 0.224. The second-order valence-corrected chi connectivity index (χ2v) is 0. The molecular weight excluding hydrogens is 147 g/mol. The van der Waals surface area contributed by atoms with Crippen molar-refractivity contribution in [3.8, 4) is 0 Å². The fraction of sp³-hybridized carbons (Fsp3) is 0. The minimum absolute atomic E-state index is 0. The molecule has 0 N–H and O–H groups in total. The van der Waals surface area contributed by atoms with Crippen LogP contribution in [0.2, 0.25) is 0 Å². The van der Waals surface area contributed by atoms with Crippen molar-refractivity contribution in [2.24, 2.45) is 0 Å². The third-order valence-corrected chi connectivity index (χ3v) is 0.